The first-order valence-corrected chi connectivity index (χ1v) is 5.81. The van der Waals surface area contributed by atoms with Crippen LogP contribution >= 0.6 is 0 Å². The molecule has 1 aromatic carbocycles. The third-order valence-corrected chi connectivity index (χ3v) is 3.03. The average molecular weight is 259 g/mol. The molecular weight excluding hydrogens is 246 g/mol. The Morgan fingerprint density at radius 3 is 3.05 bits per heavy atom. The van der Waals surface area contributed by atoms with Crippen molar-refractivity contribution in [2.24, 2.45) is 7.05 Å². The van der Waals surface area contributed by atoms with Crippen molar-refractivity contribution < 1.29 is 9.53 Å². The molecule has 1 aliphatic heterocycles. The minimum Gasteiger partial charge on any atom is -0.481 e. The van der Waals surface area contributed by atoms with Gasteiger partial charge in [0.25, 0.3) is 5.91 Å². The minimum absolute atomic E-state index is 0.00824. The molecule has 0 unspecified atom stereocenters. The molecule has 0 saturated heterocycles. The van der Waals surface area contributed by atoms with E-state index in [1.54, 1.807) is 34.8 Å². The van der Waals surface area contributed by atoms with E-state index in [4.69, 9.17) is 10.5 Å². The number of amides is 1. The number of hydrogen-bond donors (Lipinski definition) is 1. The van der Waals surface area contributed by atoms with Crippen molar-refractivity contribution in [3.05, 3.63) is 30.4 Å². The van der Waals surface area contributed by atoms with Gasteiger partial charge >= 0.3 is 0 Å². The van der Waals surface area contributed by atoms with Crippen LogP contribution in [0.5, 0.6) is 5.75 Å². The normalized spacial score (nSPS) is 14.2. The highest BCUT2D eigenvalue weighted by molar-refractivity contribution is 5.97. The van der Waals surface area contributed by atoms with Gasteiger partial charge in [0.1, 0.15) is 17.9 Å². The molecule has 0 bridgehead atoms. The average Bonchev–Trinajstić information content (AvgIpc) is 2.78. The van der Waals surface area contributed by atoms with Crippen LogP contribution in [0.1, 0.15) is 5.82 Å². The van der Waals surface area contributed by atoms with Gasteiger partial charge in [-0.15, -0.1) is 0 Å². The van der Waals surface area contributed by atoms with Crippen LogP contribution in [0.15, 0.2) is 24.5 Å². The SMILES string of the molecule is Cn1ncnc1CN1C(=O)COc2cc(N)ccc21. The van der Waals surface area contributed by atoms with E-state index in [1.807, 2.05) is 0 Å². The second-order valence-corrected chi connectivity index (χ2v) is 4.30. The van der Waals surface area contributed by atoms with E-state index in [1.165, 1.54) is 6.33 Å². The van der Waals surface area contributed by atoms with Crippen LogP contribution in [0.3, 0.4) is 0 Å². The molecule has 7 nitrogen and oxygen atoms in total. The highest BCUT2D eigenvalue weighted by atomic mass is 16.5. The molecule has 0 atom stereocenters. The largest absolute Gasteiger partial charge is 0.481 e. The van der Waals surface area contributed by atoms with Crippen LogP contribution < -0.4 is 15.4 Å². The van der Waals surface area contributed by atoms with Gasteiger partial charge in [-0.1, -0.05) is 0 Å². The van der Waals surface area contributed by atoms with Gasteiger partial charge in [-0.05, 0) is 12.1 Å². The second kappa shape index (κ2) is 4.27. The molecule has 0 spiro atoms. The Morgan fingerprint density at radius 2 is 2.32 bits per heavy atom. The molecule has 0 saturated carbocycles. The van der Waals surface area contributed by atoms with Crippen LogP contribution in [0, 0.1) is 0 Å². The van der Waals surface area contributed by atoms with Gasteiger partial charge < -0.3 is 10.5 Å². The first-order chi connectivity index (χ1) is 9.15. The number of nitrogen functional groups attached to an aromatic ring is 1. The molecule has 0 aliphatic carbocycles. The van der Waals surface area contributed by atoms with Crippen LogP contribution in [-0.2, 0) is 18.4 Å². The molecule has 0 fully saturated rings. The lowest BCUT2D eigenvalue weighted by atomic mass is 10.2. The maximum absolute atomic E-state index is 12.0. The van der Waals surface area contributed by atoms with Crippen molar-refractivity contribution in [3.63, 3.8) is 0 Å². The third kappa shape index (κ3) is 1.99. The molecule has 2 aromatic rings. The summed E-state index contributed by atoms with van der Waals surface area (Å²) in [5, 5.41) is 3.99. The number of rotatable bonds is 2. The van der Waals surface area contributed by atoms with Crippen molar-refractivity contribution in [1.82, 2.24) is 14.8 Å². The summed E-state index contributed by atoms with van der Waals surface area (Å²) >= 11 is 0. The number of nitrogens with zero attached hydrogens (tertiary/aromatic N) is 4. The highest BCUT2D eigenvalue weighted by Crippen LogP contribution is 2.34. The number of benzene rings is 1. The highest BCUT2D eigenvalue weighted by Gasteiger charge is 2.26. The van der Waals surface area contributed by atoms with Crippen LogP contribution in [-0.4, -0.2) is 27.3 Å². The fourth-order valence-electron chi connectivity index (χ4n) is 2.00. The van der Waals surface area contributed by atoms with E-state index in [-0.39, 0.29) is 12.5 Å². The number of hydrogen-bond acceptors (Lipinski definition) is 5. The van der Waals surface area contributed by atoms with E-state index in [2.05, 4.69) is 10.1 Å². The predicted molar refractivity (Wildman–Crippen MR) is 68.5 cm³/mol. The number of anilines is 2. The lowest BCUT2D eigenvalue weighted by molar-refractivity contribution is -0.121. The van der Waals surface area contributed by atoms with Crippen molar-refractivity contribution in [3.8, 4) is 5.75 Å². The second-order valence-electron chi connectivity index (χ2n) is 4.30. The molecule has 98 valence electrons. The molecule has 1 aliphatic rings. The lowest BCUT2D eigenvalue weighted by Crippen LogP contribution is -2.38. The van der Waals surface area contributed by atoms with Crippen molar-refractivity contribution >= 4 is 17.3 Å². The zero-order valence-corrected chi connectivity index (χ0v) is 10.4. The third-order valence-electron chi connectivity index (χ3n) is 3.03. The first-order valence-electron chi connectivity index (χ1n) is 5.81. The summed E-state index contributed by atoms with van der Waals surface area (Å²) in [6, 6.07) is 5.23. The van der Waals surface area contributed by atoms with Gasteiger partial charge in [-0.2, -0.15) is 5.10 Å². The van der Waals surface area contributed by atoms with E-state index in [0.717, 1.165) is 0 Å². The monoisotopic (exact) mass is 259 g/mol. The zero-order chi connectivity index (χ0) is 13.4. The summed E-state index contributed by atoms with van der Waals surface area (Å²) in [5.74, 6) is 1.21. The molecule has 2 N–H and O–H groups in total. The Labute approximate surface area is 109 Å². The summed E-state index contributed by atoms with van der Waals surface area (Å²) in [5.41, 5.74) is 7.02. The number of carbonyl (C=O) groups is 1. The van der Waals surface area contributed by atoms with Crippen LogP contribution in [0.2, 0.25) is 0 Å². The van der Waals surface area contributed by atoms with Gasteiger partial charge in [0.15, 0.2) is 6.61 Å². The fraction of sp³-hybridized carbons (Fsp3) is 0.250. The quantitative estimate of drug-likeness (QED) is 0.785. The zero-order valence-electron chi connectivity index (χ0n) is 10.4. The van der Waals surface area contributed by atoms with E-state index < -0.39 is 0 Å². The van der Waals surface area contributed by atoms with E-state index >= 15 is 0 Å². The number of ether oxygens (including phenoxy) is 1. The molecule has 3 rings (SSSR count). The summed E-state index contributed by atoms with van der Waals surface area (Å²) in [7, 11) is 1.79. The number of aromatic nitrogens is 3. The Bertz CT molecular complexity index is 637. The molecule has 19 heavy (non-hydrogen) atoms. The standard InChI is InChI=1S/C12H13N5O2/c1-16-11(14-7-15-16)5-17-9-3-2-8(13)4-10(9)19-6-12(17)18/h2-4,7H,5-6,13H2,1H3. The summed E-state index contributed by atoms with van der Waals surface area (Å²) in [6.45, 7) is 0.365. The van der Waals surface area contributed by atoms with Gasteiger partial charge in [-0.3, -0.25) is 14.4 Å². The molecule has 7 heteroatoms. The lowest BCUT2D eigenvalue weighted by Gasteiger charge is -2.29. The van der Waals surface area contributed by atoms with Gasteiger partial charge in [0, 0.05) is 18.8 Å². The summed E-state index contributed by atoms with van der Waals surface area (Å²) in [4.78, 5) is 17.7. The Morgan fingerprint density at radius 1 is 1.47 bits per heavy atom. The van der Waals surface area contributed by atoms with Crippen molar-refractivity contribution in [1.29, 1.82) is 0 Å². The van der Waals surface area contributed by atoms with Gasteiger partial charge in [-0.25, -0.2) is 4.98 Å². The summed E-state index contributed by atoms with van der Waals surface area (Å²) in [6.07, 6.45) is 1.46. The van der Waals surface area contributed by atoms with E-state index in [0.29, 0.717) is 29.5 Å². The Hall–Kier alpha value is -2.57. The van der Waals surface area contributed by atoms with Crippen LogP contribution in [0.25, 0.3) is 0 Å². The van der Waals surface area contributed by atoms with Gasteiger partial charge in [0.2, 0.25) is 0 Å². The number of aryl methyl sites for hydroxylation is 1. The number of carbonyl (C=O) groups excluding carboxylic acids is 1. The number of nitrogens with two attached hydrogens (primary N) is 1. The molecular formula is C12H13N5O2. The minimum atomic E-state index is -0.111. The maximum Gasteiger partial charge on any atom is 0.265 e. The Balaban J connectivity index is 1.97. The number of fused-ring (bicyclic) bond motifs is 1. The first kappa shape index (κ1) is 11.5. The Kier molecular flexibility index (Phi) is 2.59. The van der Waals surface area contributed by atoms with Gasteiger partial charge in [0.05, 0.1) is 12.2 Å². The van der Waals surface area contributed by atoms with Crippen LogP contribution in [0.4, 0.5) is 11.4 Å². The summed E-state index contributed by atoms with van der Waals surface area (Å²) < 4.78 is 7.02. The molecule has 2 heterocycles. The van der Waals surface area contributed by atoms with E-state index in [9.17, 15) is 4.79 Å². The fourth-order valence-corrected chi connectivity index (χ4v) is 2.00. The van der Waals surface area contributed by atoms with Crippen molar-refractivity contribution in [2.75, 3.05) is 17.2 Å². The smallest absolute Gasteiger partial charge is 0.265 e. The molecule has 0 radical (unpaired) electrons. The predicted octanol–water partition coefficient (Wildman–Crippen LogP) is 0.323. The molecule has 1 amide bonds. The topological polar surface area (TPSA) is 86.3 Å². The molecule has 1 aromatic heterocycles. The maximum atomic E-state index is 12.0. The van der Waals surface area contributed by atoms with Crippen molar-refractivity contribution in [2.45, 2.75) is 6.54 Å².